The Kier molecular flexibility index (Phi) is 4.71. The maximum absolute atomic E-state index is 12.5. The number of nitrogens with zero attached hydrogens (tertiary/aromatic N) is 4. The summed E-state index contributed by atoms with van der Waals surface area (Å²) >= 11 is 0. The quantitative estimate of drug-likeness (QED) is 0.560. The standard InChI is InChI=1S/C21H24N6O4/c28-18(11-26-12-22-19(25-26)16-1-3-17(4-2-16)27(30)31)23-20(29)24-21-8-13-5-14(9-21)7-15(6-13)10-21/h1-4,12-15H,5-11H2,(H2,23,24,28,29). The molecule has 4 aliphatic rings. The van der Waals surface area contributed by atoms with Gasteiger partial charge in [0.2, 0.25) is 5.91 Å². The summed E-state index contributed by atoms with van der Waals surface area (Å²) in [6.45, 7) is -0.145. The third-order valence-corrected chi connectivity index (χ3v) is 6.85. The number of aromatic nitrogens is 3. The molecule has 4 saturated carbocycles. The molecule has 0 radical (unpaired) electrons. The summed E-state index contributed by atoms with van der Waals surface area (Å²) in [7, 11) is 0. The molecule has 2 aromatic rings. The van der Waals surface area contributed by atoms with E-state index < -0.39 is 16.9 Å². The second-order valence-electron chi connectivity index (χ2n) is 9.27. The largest absolute Gasteiger partial charge is 0.332 e. The monoisotopic (exact) mass is 424 g/mol. The molecule has 1 heterocycles. The Hall–Kier alpha value is -3.30. The lowest BCUT2D eigenvalue weighted by Gasteiger charge is -2.56. The van der Waals surface area contributed by atoms with Gasteiger partial charge in [0.15, 0.2) is 5.82 Å². The van der Waals surface area contributed by atoms with Crippen LogP contribution in [0.2, 0.25) is 0 Å². The van der Waals surface area contributed by atoms with Gasteiger partial charge in [0.1, 0.15) is 12.9 Å². The van der Waals surface area contributed by atoms with E-state index in [1.165, 1.54) is 42.4 Å². The van der Waals surface area contributed by atoms with Gasteiger partial charge in [-0.15, -0.1) is 0 Å². The van der Waals surface area contributed by atoms with Crippen LogP contribution < -0.4 is 10.6 Å². The maximum Gasteiger partial charge on any atom is 0.321 e. The van der Waals surface area contributed by atoms with Crippen molar-refractivity contribution < 1.29 is 14.5 Å². The van der Waals surface area contributed by atoms with E-state index in [1.807, 2.05) is 0 Å². The molecule has 31 heavy (non-hydrogen) atoms. The zero-order chi connectivity index (χ0) is 21.6. The van der Waals surface area contributed by atoms with E-state index in [2.05, 4.69) is 20.7 Å². The molecular formula is C21H24N6O4. The van der Waals surface area contributed by atoms with Crippen LogP contribution in [0.5, 0.6) is 0 Å². The Morgan fingerprint density at radius 3 is 2.29 bits per heavy atom. The molecule has 2 N–H and O–H groups in total. The molecule has 0 unspecified atom stereocenters. The van der Waals surface area contributed by atoms with Crippen LogP contribution in [0.25, 0.3) is 11.4 Å². The van der Waals surface area contributed by atoms with Gasteiger partial charge in [-0.05, 0) is 68.4 Å². The van der Waals surface area contributed by atoms with Crippen molar-refractivity contribution in [2.75, 3.05) is 0 Å². The van der Waals surface area contributed by atoms with Crippen LogP contribution in [0.15, 0.2) is 30.6 Å². The van der Waals surface area contributed by atoms with Crippen molar-refractivity contribution in [2.24, 2.45) is 17.8 Å². The van der Waals surface area contributed by atoms with E-state index >= 15 is 0 Å². The Bertz CT molecular complexity index is 995. The summed E-state index contributed by atoms with van der Waals surface area (Å²) in [4.78, 5) is 39.3. The molecule has 1 aromatic carbocycles. The number of urea groups is 1. The highest BCUT2D eigenvalue weighted by Gasteiger charge is 2.51. The van der Waals surface area contributed by atoms with Crippen molar-refractivity contribution in [3.63, 3.8) is 0 Å². The van der Waals surface area contributed by atoms with E-state index in [0.29, 0.717) is 29.1 Å². The number of imide groups is 1. The van der Waals surface area contributed by atoms with Crippen molar-refractivity contribution >= 4 is 17.6 Å². The summed E-state index contributed by atoms with van der Waals surface area (Å²) in [5.41, 5.74) is 0.423. The lowest BCUT2D eigenvalue weighted by molar-refractivity contribution is -0.384. The number of rotatable bonds is 5. The third kappa shape index (κ3) is 4.01. The van der Waals surface area contributed by atoms with Crippen LogP contribution in [0, 0.1) is 27.9 Å². The number of hydrogen-bond acceptors (Lipinski definition) is 6. The molecule has 4 aliphatic carbocycles. The van der Waals surface area contributed by atoms with Gasteiger partial charge in [-0.2, -0.15) is 5.10 Å². The zero-order valence-electron chi connectivity index (χ0n) is 17.0. The second kappa shape index (κ2) is 7.44. The Balaban J connectivity index is 1.17. The summed E-state index contributed by atoms with van der Waals surface area (Å²) in [5.74, 6) is 1.99. The number of non-ortho nitro benzene ring substituents is 1. The minimum atomic E-state index is -0.478. The highest BCUT2D eigenvalue weighted by atomic mass is 16.6. The van der Waals surface area contributed by atoms with E-state index in [9.17, 15) is 19.7 Å². The highest BCUT2D eigenvalue weighted by Crippen LogP contribution is 2.55. The van der Waals surface area contributed by atoms with Crippen molar-refractivity contribution in [3.8, 4) is 11.4 Å². The van der Waals surface area contributed by atoms with E-state index in [0.717, 1.165) is 19.3 Å². The normalized spacial score (nSPS) is 28.3. The number of nitro benzene ring substituents is 1. The molecule has 6 rings (SSSR count). The van der Waals surface area contributed by atoms with Crippen molar-refractivity contribution in [1.29, 1.82) is 0 Å². The summed E-state index contributed by atoms with van der Waals surface area (Å²) in [5, 5.41) is 20.5. The van der Waals surface area contributed by atoms with Gasteiger partial charge in [0.25, 0.3) is 5.69 Å². The topological polar surface area (TPSA) is 132 Å². The number of nitrogens with one attached hydrogen (secondary N) is 2. The van der Waals surface area contributed by atoms with Gasteiger partial charge in [0, 0.05) is 23.2 Å². The molecule has 0 aliphatic heterocycles. The lowest BCUT2D eigenvalue weighted by Crippen LogP contribution is -2.62. The van der Waals surface area contributed by atoms with E-state index in [-0.39, 0.29) is 17.8 Å². The third-order valence-electron chi connectivity index (χ3n) is 6.85. The van der Waals surface area contributed by atoms with Crippen LogP contribution in [0.4, 0.5) is 10.5 Å². The van der Waals surface area contributed by atoms with Crippen molar-refractivity contribution in [1.82, 2.24) is 25.4 Å². The van der Waals surface area contributed by atoms with Gasteiger partial charge in [-0.1, -0.05) is 0 Å². The fourth-order valence-electron chi connectivity index (χ4n) is 6.08. The first-order valence-corrected chi connectivity index (χ1v) is 10.6. The fourth-order valence-corrected chi connectivity index (χ4v) is 6.08. The molecule has 10 heteroatoms. The van der Waals surface area contributed by atoms with Gasteiger partial charge < -0.3 is 5.32 Å². The zero-order valence-corrected chi connectivity index (χ0v) is 17.0. The van der Waals surface area contributed by atoms with Gasteiger partial charge in [-0.3, -0.25) is 20.2 Å². The van der Waals surface area contributed by atoms with Crippen molar-refractivity contribution in [2.45, 2.75) is 50.6 Å². The highest BCUT2D eigenvalue weighted by molar-refractivity contribution is 5.94. The van der Waals surface area contributed by atoms with Crippen LogP contribution in [-0.2, 0) is 11.3 Å². The molecule has 3 amide bonds. The smallest absolute Gasteiger partial charge is 0.321 e. The number of hydrogen-bond donors (Lipinski definition) is 2. The van der Waals surface area contributed by atoms with Gasteiger partial charge >= 0.3 is 6.03 Å². The number of amides is 3. The van der Waals surface area contributed by atoms with Crippen LogP contribution >= 0.6 is 0 Å². The average molecular weight is 424 g/mol. The second-order valence-corrected chi connectivity index (χ2v) is 9.27. The predicted octanol–water partition coefficient (Wildman–Crippen LogP) is 2.65. The average Bonchev–Trinajstić information content (AvgIpc) is 3.14. The van der Waals surface area contributed by atoms with E-state index in [4.69, 9.17) is 0 Å². The number of carbonyl (C=O) groups is 2. The predicted molar refractivity (Wildman–Crippen MR) is 110 cm³/mol. The van der Waals surface area contributed by atoms with Crippen molar-refractivity contribution in [3.05, 3.63) is 40.7 Å². The minimum Gasteiger partial charge on any atom is -0.332 e. The SMILES string of the molecule is O=C(Cn1cnc(-c2ccc([N+](=O)[O-])cc2)n1)NC(=O)NC12CC3CC(CC(C3)C1)C2. The van der Waals surface area contributed by atoms with Gasteiger partial charge in [-0.25, -0.2) is 14.5 Å². The first kappa shape index (κ1) is 19.7. The van der Waals surface area contributed by atoms with Crippen LogP contribution in [0.1, 0.15) is 38.5 Å². The lowest BCUT2D eigenvalue weighted by atomic mass is 9.53. The molecular weight excluding hydrogens is 400 g/mol. The van der Waals surface area contributed by atoms with Crippen LogP contribution in [0.3, 0.4) is 0 Å². The summed E-state index contributed by atoms with van der Waals surface area (Å²) in [6.07, 6.45) is 8.29. The van der Waals surface area contributed by atoms with Crippen LogP contribution in [-0.4, -0.2) is 37.2 Å². The summed E-state index contributed by atoms with van der Waals surface area (Å²) in [6, 6.07) is 5.41. The summed E-state index contributed by atoms with van der Waals surface area (Å²) < 4.78 is 1.34. The number of nitro groups is 1. The Morgan fingerprint density at radius 2 is 1.71 bits per heavy atom. The van der Waals surface area contributed by atoms with Gasteiger partial charge in [0.05, 0.1) is 4.92 Å². The Morgan fingerprint density at radius 1 is 1.10 bits per heavy atom. The number of benzene rings is 1. The molecule has 0 atom stereocenters. The first-order chi connectivity index (χ1) is 14.9. The molecule has 10 nitrogen and oxygen atoms in total. The maximum atomic E-state index is 12.5. The number of carbonyl (C=O) groups excluding carboxylic acids is 2. The van der Waals surface area contributed by atoms with E-state index in [1.54, 1.807) is 12.1 Å². The molecule has 162 valence electrons. The Labute approximate surface area is 178 Å². The molecule has 1 aromatic heterocycles. The molecule has 0 saturated heterocycles. The fraction of sp³-hybridized carbons (Fsp3) is 0.524. The minimum absolute atomic E-state index is 0.0207. The molecule has 0 spiro atoms. The molecule has 4 fully saturated rings. The first-order valence-electron chi connectivity index (χ1n) is 10.6. The molecule has 4 bridgehead atoms.